The molecule has 0 bridgehead atoms. The number of carbonyl (C=O) groups excluding carboxylic acids is 2. The van der Waals surface area contributed by atoms with Crippen LogP contribution in [0, 0.1) is 0 Å². The summed E-state index contributed by atoms with van der Waals surface area (Å²) in [4.78, 5) is 96.1. The van der Waals surface area contributed by atoms with Gasteiger partial charge in [-0.3, -0.25) is 18.1 Å². The van der Waals surface area contributed by atoms with Gasteiger partial charge in [0.05, 0.1) is 14.2 Å². The van der Waals surface area contributed by atoms with Gasteiger partial charge in [0.1, 0.15) is 12.2 Å². The van der Waals surface area contributed by atoms with Crippen LogP contribution >= 0.6 is 31.3 Å². The van der Waals surface area contributed by atoms with E-state index in [1.165, 1.54) is 0 Å². The molecule has 0 aliphatic heterocycles. The predicted molar refractivity (Wildman–Crippen MR) is 91.7 cm³/mol. The zero-order valence-electron chi connectivity index (χ0n) is 15.6. The van der Waals surface area contributed by atoms with Crippen LogP contribution in [-0.2, 0) is 55.4 Å². The molecule has 0 aliphatic rings. The lowest BCUT2D eigenvalue weighted by molar-refractivity contribution is -0.171. The Morgan fingerprint density at radius 3 is 0.906 bits per heavy atom. The third kappa shape index (κ3) is 12.6. The van der Waals surface area contributed by atoms with Gasteiger partial charge in [0.2, 0.25) is 0 Å². The van der Waals surface area contributed by atoms with Gasteiger partial charge in [-0.15, -0.1) is 0 Å². The van der Waals surface area contributed by atoms with Crippen LogP contribution in [-0.4, -0.2) is 89.7 Å². The molecule has 0 unspecified atom stereocenters. The van der Waals surface area contributed by atoms with Crippen molar-refractivity contribution in [1.82, 2.24) is 0 Å². The van der Waals surface area contributed by atoms with Crippen molar-refractivity contribution in [3.63, 3.8) is 0 Å². The van der Waals surface area contributed by atoms with Crippen LogP contribution in [0.2, 0.25) is 0 Å². The number of phosphoric acid groups is 4. The molecular formula is C8H18O20P4. The summed E-state index contributed by atoms with van der Waals surface area (Å²) in [5, 5.41) is 0. The summed E-state index contributed by atoms with van der Waals surface area (Å²) >= 11 is 0. The van der Waals surface area contributed by atoms with E-state index in [0.717, 1.165) is 0 Å². The van der Waals surface area contributed by atoms with Crippen LogP contribution in [0.3, 0.4) is 0 Å². The lowest BCUT2D eigenvalue weighted by atomic mass is 10.0. The molecule has 0 spiro atoms. The molecule has 0 aromatic rings. The Balaban J connectivity index is 6.98. The van der Waals surface area contributed by atoms with Crippen molar-refractivity contribution in [2.24, 2.45) is 0 Å². The van der Waals surface area contributed by atoms with Crippen LogP contribution < -0.4 is 0 Å². The Hall–Kier alpha value is -0.620. The van der Waals surface area contributed by atoms with Crippen LogP contribution in [0.15, 0.2) is 0 Å². The Bertz CT molecular complexity index is 774. The van der Waals surface area contributed by atoms with E-state index in [2.05, 4.69) is 27.6 Å². The smallest absolute Gasteiger partial charge is 0.467 e. The van der Waals surface area contributed by atoms with E-state index in [9.17, 15) is 27.8 Å². The quantitative estimate of drug-likeness (QED) is 0.0838. The second kappa shape index (κ2) is 11.7. The molecule has 0 saturated heterocycles. The lowest BCUT2D eigenvalue weighted by Crippen LogP contribution is -2.53. The minimum atomic E-state index is -5.92. The van der Waals surface area contributed by atoms with Gasteiger partial charge in [0.15, 0.2) is 12.2 Å². The molecule has 0 aliphatic carbocycles. The summed E-state index contributed by atoms with van der Waals surface area (Å²) < 4.78 is 69.4. The summed E-state index contributed by atoms with van der Waals surface area (Å²) in [6.45, 7) is 0. The van der Waals surface area contributed by atoms with Crippen LogP contribution in [0.5, 0.6) is 0 Å². The molecule has 0 saturated carbocycles. The largest absolute Gasteiger partial charge is 0.470 e. The summed E-state index contributed by atoms with van der Waals surface area (Å²) in [6, 6.07) is 0. The van der Waals surface area contributed by atoms with Crippen molar-refractivity contribution in [3.8, 4) is 0 Å². The number of hydrogen-bond acceptors (Lipinski definition) is 12. The summed E-state index contributed by atoms with van der Waals surface area (Å²) in [6.07, 6.45) is -12.4. The SMILES string of the molecule is COC(=O)[C@@H](OP(=O)(O)O)[C@H](OP(=O)(O)O)[C@H](OP(=O)(O)O)[C@@H](OP(=O)(O)O)C(=O)OC. The Morgan fingerprint density at radius 1 is 0.531 bits per heavy atom. The number of carbonyl (C=O) groups is 2. The number of ether oxygens (including phenoxy) is 2. The van der Waals surface area contributed by atoms with Gasteiger partial charge in [-0.2, -0.15) is 0 Å². The van der Waals surface area contributed by atoms with Gasteiger partial charge in [0, 0.05) is 0 Å². The first kappa shape index (κ1) is 31.4. The molecule has 4 atom stereocenters. The van der Waals surface area contributed by atoms with E-state index in [1.54, 1.807) is 0 Å². The van der Waals surface area contributed by atoms with E-state index in [1.807, 2.05) is 0 Å². The van der Waals surface area contributed by atoms with Gasteiger partial charge in [-0.05, 0) is 0 Å². The number of rotatable bonds is 13. The lowest BCUT2D eigenvalue weighted by Gasteiger charge is -2.34. The highest BCUT2D eigenvalue weighted by Gasteiger charge is 2.53. The Labute approximate surface area is 177 Å². The average Bonchev–Trinajstić information content (AvgIpc) is 2.56. The van der Waals surface area contributed by atoms with Crippen LogP contribution in [0.4, 0.5) is 0 Å². The molecule has 0 radical (unpaired) electrons. The molecule has 24 heteroatoms. The zero-order chi connectivity index (χ0) is 25.7. The Morgan fingerprint density at radius 2 is 0.750 bits per heavy atom. The zero-order valence-corrected chi connectivity index (χ0v) is 19.2. The highest BCUT2D eigenvalue weighted by molar-refractivity contribution is 7.47. The standard InChI is InChI=1S/C8H18O20P4/c1-23-7(9)5(27-31(17,18)19)3(25-29(11,12)13)4(26-30(14,15)16)6(8(10)24-2)28-32(20,21)22/h3-6H,1-2H3,(H2,11,12,13)(H2,14,15,16)(H2,17,18,19)(H2,20,21,22)/t3-,4+,5+,6-. The topological polar surface area (TPSA) is 320 Å². The second-order valence-corrected chi connectivity index (χ2v) is 9.97. The first-order valence-electron chi connectivity index (χ1n) is 7.21. The van der Waals surface area contributed by atoms with Gasteiger partial charge >= 0.3 is 43.2 Å². The number of methoxy groups -OCH3 is 2. The van der Waals surface area contributed by atoms with E-state index >= 15 is 0 Å². The molecule has 0 heterocycles. The van der Waals surface area contributed by atoms with Crippen molar-refractivity contribution in [2.45, 2.75) is 24.4 Å². The normalized spacial score (nSPS) is 17.2. The maximum atomic E-state index is 12.0. The Kier molecular flexibility index (Phi) is 11.5. The molecule has 190 valence electrons. The highest BCUT2D eigenvalue weighted by Crippen LogP contribution is 2.49. The number of hydrogen-bond donors (Lipinski definition) is 8. The highest BCUT2D eigenvalue weighted by atomic mass is 31.2. The second-order valence-electron chi connectivity index (χ2n) is 5.20. The number of phosphoric ester groups is 4. The molecule has 8 N–H and O–H groups in total. The maximum absolute atomic E-state index is 12.0. The third-order valence-electron chi connectivity index (χ3n) is 2.81. The first-order chi connectivity index (χ1) is 14.1. The van der Waals surface area contributed by atoms with E-state index in [-0.39, 0.29) is 0 Å². The molecule has 0 amide bonds. The number of esters is 2. The first-order valence-corrected chi connectivity index (χ1v) is 13.3. The van der Waals surface area contributed by atoms with Crippen LogP contribution in [0.1, 0.15) is 0 Å². The molecule has 0 aromatic heterocycles. The van der Waals surface area contributed by atoms with E-state index < -0.39 is 67.6 Å². The molecule has 32 heavy (non-hydrogen) atoms. The van der Waals surface area contributed by atoms with E-state index in [0.29, 0.717) is 14.2 Å². The van der Waals surface area contributed by atoms with E-state index in [4.69, 9.17) is 39.1 Å². The van der Waals surface area contributed by atoms with Crippen molar-refractivity contribution in [1.29, 1.82) is 0 Å². The molecule has 0 aromatic carbocycles. The van der Waals surface area contributed by atoms with Crippen molar-refractivity contribution in [3.05, 3.63) is 0 Å². The fourth-order valence-electron chi connectivity index (χ4n) is 1.89. The fourth-order valence-corrected chi connectivity index (χ4v) is 3.99. The van der Waals surface area contributed by atoms with Gasteiger partial charge in [-0.25, -0.2) is 27.8 Å². The molecule has 0 fully saturated rings. The van der Waals surface area contributed by atoms with Crippen LogP contribution in [0.25, 0.3) is 0 Å². The molecule has 20 nitrogen and oxygen atoms in total. The van der Waals surface area contributed by atoms with Crippen molar-refractivity contribution < 1.29 is 94.6 Å². The van der Waals surface area contributed by atoms with Gasteiger partial charge in [0.25, 0.3) is 0 Å². The fraction of sp³-hybridized carbons (Fsp3) is 0.750. The monoisotopic (exact) mass is 558 g/mol. The van der Waals surface area contributed by atoms with Crippen molar-refractivity contribution in [2.75, 3.05) is 14.2 Å². The maximum Gasteiger partial charge on any atom is 0.470 e. The molecular weight excluding hydrogens is 540 g/mol. The average molecular weight is 558 g/mol. The summed E-state index contributed by atoms with van der Waals surface area (Å²) in [5.74, 6) is -3.85. The van der Waals surface area contributed by atoms with Gasteiger partial charge < -0.3 is 48.6 Å². The summed E-state index contributed by atoms with van der Waals surface area (Å²) in [7, 11) is -22.3. The minimum Gasteiger partial charge on any atom is -0.467 e. The summed E-state index contributed by atoms with van der Waals surface area (Å²) in [5.41, 5.74) is 0. The minimum absolute atomic E-state index is 0.551. The van der Waals surface area contributed by atoms with Gasteiger partial charge in [-0.1, -0.05) is 0 Å². The molecule has 0 rings (SSSR count). The predicted octanol–water partition coefficient (Wildman–Crippen LogP) is -2.76. The third-order valence-corrected chi connectivity index (χ3v) is 4.85. The van der Waals surface area contributed by atoms with Crippen molar-refractivity contribution >= 4 is 43.2 Å².